The zero-order chi connectivity index (χ0) is 16.9. The number of phenolic OH excluding ortho intramolecular Hbond substituents is 1. The van der Waals surface area contributed by atoms with Gasteiger partial charge in [-0.1, -0.05) is 12.1 Å². The molecule has 0 bridgehead atoms. The van der Waals surface area contributed by atoms with Crippen LogP contribution in [0.3, 0.4) is 0 Å². The van der Waals surface area contributed by atoms with Crippen molar-refractivity contribution in [3.8, 4) is 5.75 Å². The molecule has 1 aliphatic heterocycles. The topological polar surface area (TPSA) is 49.8 Å². The number of aryl methyl sites for hydroxylation is 1. The van der Waals surface area contributed by atoms with Crippen molar-refractivity contribution >= 4 is 6.09 Å². The van der Waals surface area contributed by atoms with Crippen LogP contribution >= 0.6 is 0 Å². The monoisotopic (exact) mass is 319 g/mol. The van der Waals surface area contributed by atoms with E-state index in [1.165, 1.54) is 12.0 Å². The normalized spacial score (nSPS) is 16.4. The van der Waals surface area contributed by atoms with E-state index >= 15 is 0 Å². The van der Waals surface area contributed by atoms with Crippen molar-refractivity contribution in [1.82, 2.24) is 4.90 Å². The number of carbonyl (C=O) groups excluding carboxylic acids is 1. The van der Waals surface area contributed by atoms with Gasteiger partial charge in [0.2, 0.25) is 0 Å². The summed E-state index contributed by atoms with van der Waals surface area (Å²) in [6.07, 6.45) is 5.23. The van der Waals surface area contributed by atoms with Crippen molar-refractivity contribution in [3.05, 3.63) is 29.8 Å². The number of aromatic hydroxyl groups is 1. The fraction of sp³-hybridized carbons (Fsp3) is 0.632. The molecule has 1 aromatic rings. The summed E-state index contributed by atoms with van der Waals surface area (Å²) in [5.41, 5.74) is 0.769. The Labute approximate surface area is 139 Å². The first-order valence-electron chi connectivity index (χ1n) is 8.59. The van der Waals surface area contributed by atoms with Crippen molar-refractivity contribution in [3.63, 3.8) is 0 Å². The maximum atomic E-state index is 12.0. The first kappa shape index (κ1) is 17.6. The lowest BCUT2D eigenvalue weighted by Crippen LogP contribution is -2.41. The molecule has 1 fully saturated rings. The Hall–Kier alpha value is -1.71. The molecule has 0 unspecified atom stereocenters. The minimum Gasteiger partial charge on any atom is -0.508 e. The van der Waals surface area contributed by atoms with E-state index in [1.807, 2.05) is 37.8 Å². The fourth-order valence-electron chi connectivity index (χ4n) is 3.04. The van der Waals surface area contributed by atoms with Crippen LogP contribution in [0.25, 0.3) is 0 Å². The molecular weight excluding hydrogens is 290 g/mol. The third-order valence-corrected chi connectivity index (χ3v) is 4.25. The fourth-order valence-corrected chi connectivity index (χ4v) is 3.04. The van der Waals surface area contributed by atoms with Crippen LogP contribution in [-0.4, -0.2) is 34.8 Å². The van der Waals surface area contributed by atoms with E-state index < -0.39 is 5.60 Å². The summed E-state index contributed by atoms with van der Waals surface area (Å²) in [6, 6.07) is 7.50. The van der Waals surface area contributed by atoms with Gasteiger partial charge < -0.3 is 14.7 Å². The van der Waals surface area contributed by atoms with E-state index in [-0.39, 0.29) is 6.09 Å². The molecule has 1 aliphatic rings. The van der Waals surface area contributed by atoms with Gasteiger partial charge in [-0.3, -0.25) is 0 Å². The highest BCUT2D eigenvalue weighted by atomic mass is 16.6. The standard InChI is InChI=1S/C19H29NO3/c1-19(2,3)23-18(22)20-12-10-15(11-13-20)6-4-7-16-8-5-9-17(21)14-16/h5,8-9,14-15,21H,4,6-7,10-13H2,1-3H3. The number of ether oxygens (including phenoxy) is 1. The predicted octanol–water partition coefficient (Wildman–Crippen LogP) is 4.36. The van der Waals surface area contributed by atoms with Crippen LogP contribution in [0.1, 0.15) is 52.0 Å². The van der Waals surface area contributed by atoms with Gasteiger partial charge >= 0.3 is 6.09 Å². The molecule has 0 radical (unpaired) electrons. The van der Waals surface area contributed by atoms with Crippen molar-refractivity contribution in [1.29, 1.82) is 0 Å². The van der Waals surface area contributed by atoms with Crippen molar-refractivity contribution < 1.29 is 14.6 Å². The summed E-state index contributed by atoms with van der Waals surface area (Å²) in [6.45, 7) is 7.30. The van der Waals surface area contributed by atoms with Gasteiger partial charge in [0.05, 0.1) is 0 Å². The number of rotatable bonds is 4. The average Bonchev–Trinajstić information content (AvgIpc) is 2.46. The summed E-state index contributed by atoms with van der Waals surface area (Å²) >= 11 is 0. The molecule has 1 amide bonds. The highest BCUT2D eigenvalue weighted by Gasteiger charge is 2.26. The Morgan fingerprint density at radius 3 is 2.61 bits per heavy atom. The Bertz CT molecular complexity index is 514. The number of hydrogen-bond acceptors (Lipinski definition) is 3. The quantitative estimate of drug-likeness (QED) is 0.897. The second-order valence-electron chi connectivity index (χ2n) is 7.47. The van der Waals surface area contributed by atoms with Crippen LogP contribution in [0.5, 0.6) is 5.75 Å². The van der Waals surface area contributed by atoms with E-state index in [2.05, 4.69) is 6.07 Å². The number of likely N-dealkylation sites (tertiary alicyclic amines) is 1. The second-order valence-corrected chi connectivity index (χ2v) is 7.47. The maximum absolute atomic E-state index is 12.0. The highest BCUT2D eigenvalue weighted by Crippen LogP contribution is 2.24. The number of nitrogens with zero attached hydrogens (tertiary/aromatic N) is 1. The molecule has 0 aromatic heterocycles. The van der Waals surface area contributed by atoms with Crippen LogP contribution in [0.2, 0.25) is 0 Å². The third-order valence-electron chi connectivity index (χ3n) is 4.25. The number of carbonyl (C=O) groups is 1. The number of hydrogen-bond donors (Lipinski definition) is 1. The minimum atomic E-state index is -0.421. The van der Waals surface area contributed by atoms with Gasteiger partial charge in [0.15, 0.2) is 0 Å². The molecule has 1 N–H and O–H groups in total. The Morgan fingerprint density at radius 2 is 2.00 bits per heavy atom. The molecule has 4 heteroatoms. The largest absolute Gasteiger partial charge is 0.508 e. The lowest BCUT2D eigenvalue weighted by molar-refractivity contribution is 0.0180. The molecule has 128 valence electrons. The van der Waals surface area contributed by atoms with Gasteiger partial charge in [-0.25, -0.2) is 4.79 Å². The Balaban J connectivity index is 1.68. The SMILES string of the molecule is CC(C)(C)OC(=O)N1CCC(CCCc2cccc(O)c2)CC1. The van der Waals surface area contributed by atoms with E-state index in [0.717, 1.165) is 38.8 Å². The molecular formula is C19H29NO3. The zero-order valence-electron chi connectivity index (χ0n) is 14.5. The van der Waals surface area contributed by atoms with Gasteiger partial charge in [-0.15, -0.1) is 0 Å². The van der Waals surface area contributed by atoms with Gasteiger partial charge in [0.1, 0.15) is 11.4 Å². The summed E-state index contributed by atoms with van der Waals surface area (Å²) in [4.78, 5) is 13.9. The first-order chi connectivity index (χ1) is 10.8. The minimum absolute atomic E-state index is 0.185. The summed E-state index contributed by atoms with van der Waals surface area (Å²) in [5.74, 6) is 1.03. The first-order valence-corrected chi connectivity index (χ1v) is 8.59. The number of benzene rings is 1. The highest BCUT2D eigenvalue weighted by molar-refractivity contribution is 5.68. The molecule has 1 aromatic carbocycles. The zero-order valence-corrected chi connectivity index (χ0v) is 14.5. The molecule has 0 saturated carbocycles. The molecule has 4 nitrogen and oxygen atoms in total. The van der Waals surface area contributed by atoms with E-state index in [0.29, 0.717) is 11.7 Å². The smallest absolute Gasteiger partial charge is 0.410 e. The molecule has 1 heterocycles. The summed E-state index contributed by atoms with van der Waals surface area (Å²) in [5, 5.41) is 9.47. The average molecular weight is 319 g/mol. The summed E-state index contributed by atoms with van der Waals surface area (Å²) in [7, 11) is 0. The Morgan fingerprint density at radius 1 is 1.30 bits per heavy atom. The van der Waals surface area contributed by atoms with Crippen molar-refractivity contribution in [2.24, 2.45) is 5.92 Å². The van der Waals surface area contributed by atoms with Gasteiger partial charge in [-0.05, 0) is 76.5 Å². The Kier molecular flexibility index (Phi) is 5.91. The van der Waals surface area contributed by atoms with Crippen molar-refractivity contribution in [2.75, 3.05) is 13.1 Å². The van der Waals surface area contributed by atoms with Gasteiger partial charge in [0, 0.05) is 13.1 Å². The predicted molar refractivity (Wildman–Crippen MR) is 91.6 cm³/mol. The summed E-state index contributed by atoms with van der Waals surface area (Å²) < 4.78 is 5.43. The van der Waals surface area contributed by atoms with Crippen LogP contribution < -0.4 is 0 Å². The van der Waals surface area contributed by atoms with Gasteiger partial charge in [-0.2, -0.15) is 0 Å². The molecule has 23 heavy (non-hydrogen) atoms. The lowest BCUT2D eigenvalue weighted by atomic mass is 9.91. The van der Waals surface area contributed by atoms with Crippen LogP contribution in [0, 0.1) is 5.92 Å². The molecule has 0 spiro atoms. The van der Waals surface area contributed by atoms with Crippen molar-refractivity contribution in [2.45, 2.75) is 58.5 Å². The third kappa shape index (κ3) is 6.12. The molecule has 1 saturated heterocycles. The van der Waals surface area contributed by atoms with Gasteiger partial charge in [0.25, 0.3) is 0 Å². The lowest BCUT2D eigenvalue weighted by Gasteiger charge is -2.33. The molecule has 0 atom stereocenters. The number of amides is 1. The van der Waals surface area contributed by atoms with Crippen LogP contribution in [-0.2, 0) is 11.2 Å². The van der Waals surface area contributed by atoms with E-state index in [4.69, 9.17) is 4.74 Å². The van der Waals surface area contributed by atoms with Crippen LogP contribution in [0.15, 0.2) is 24.3 Å². The van der Waals surface area contributed by atoms with Crippen LogP contribution in [0.4, 0.5) is 4.79 Å². The maximum Gasteiger partial charge on any atom is 0.410 e. The number of phenols is 1. The second kappa shape index (κ2) is 7.71. The molecule has 0 aliphatic carbocycles. The molecule has 2 rings (SSSR count). The van der Waals surface area contributed by atoms with E-state index in [9.17, 15) is 9.90 Å². The van der Waals surface area contributed by atoms with E-state index in [1.54, 1.807) is 6.07 Å². The number of piperidine rings is 1.